The number of nitrogens with zero attached hydrogens (tertiary/aromatic N) is 1. The molecule has 1 aromatic carbocycles. The van der Waals surface area contributed by atoms with Gasteiger partial charge in [-0.3, -0.25) is 0 Å². The Bertz CT molecular complexity index is 556. The number of nitrogen functional groups attached to an aromatic ring is 1. The number of hydrogen-bond donors (Lipinski definition) is 1. The highest BCUT2D eigenvalue weighted by atomic mass is 79.9. The van der Waals surface area contributed by atoms with Crippen molar-refractivity contribution < 1.29 is 9.47 Å². The highest BCUT2D eigenvalue weighted by Crippen LogP contribution is 2.43. The fourth-order valence-electron chi connectivity index (χ4n) is 1.53. The maximum atomic E-state index is 5.61. The summed E-state index contributed by atoms with van der Waals surface area (Å²) in [5, 5.41) is 0.559. The van der Waals surface area contributed by atoms with E-state index in [0.29, 0.717) is 5.13 Å². The van der Waals surface area contributed by atoms with Crippen LogP contribution in [0.4, 0.5) is 5.13 Å². The Balaban J connectivity index is 2.12. The molecule has 0 aliphatic carbocycles. The first kappa shape index (κ1) is 9.92. The fraction of sp³-hybridized carbons (Fsp3) is 0.100. The van der Waals surface area contributed by atoms with Crippen LogP contribution in [0.15, 0.2) is 22.8 Å². The zero-order valence-electron chi connectivity index (χ0n) is 8.07. The van der Waals surface area contributed by atoms with E-state index in [0.717, 1.165) is 26.4 Å². The van der Waals surface area contributed by atoms with Gasteiger partial charge >= 0.3 is 0 Å². The smallest absolute Gasteiger partial charge is 0.231 e. The van der Waals surface area contributed by atoms with Crippen molar-refractivity contribution >= 4 is 32.4 Å². The van der Waals surface area contributed by atoms with Gasteiger partial charge in [0.05, 0.1) is 9.35 Å². The van der Waals surface area contributed by atoms with Crippen molar-refractivity contribution in [3.8, 4) is 21.9 Å². The molecule has 3 rings (SSSR count). The average molecular weight is 299 g/mol. The lowest BCUT2D eigenvalue weighted by Gasteiger charge is -2.02. The minimum atomic E-state index is 0.266. The minimum Gasteiger partial charge on any atom is -0.454 e. The van der Waals surface area contributed by atoms with Crippen LogP contribution in [0.3, 0.4) is 0 Å². The maximum absolute atomic E-state index is 5.61. The number of anilines is 1. The normalized spacial score (nSPS) is 13.1. The zero-order chi connectivity index (χ0) is 11.1. The number of nitrogens with two attached hydrogens (primary N) is 1. The van der Waals surface area contributed by atoms with E-state index in [4.69, 9.17) is 15.2 Å². The molecule has 1 aromatic heterocycles. The largest absolute Gasteiger partial charge is 0.454 e. The highest BCUT2D eigenvalue weighted by Gasteiger charge is 2.19. The Kier molecular flexibility index (Phi) is 2.26. The molecule has 0 fully saturated rings. The van der Waals surface area contributed by atoms with Crippen molar-refractivity contribution in [1.29, 1.82) is 0 Å². The Hall–Kier alpha value is -1.27. The zero-order valence-corrected chi connectivity index (χ0v) is 10.5. The van der Waals surface area contributed by atoms with Gasteiger partial charge in [-0.05, 0) is 33.6 Å². The summed E-state index contributed by atoms with van der Waals surface area (Å²) in [6, 6.07) is 3.90. The maximum Gasteiger partial charge on any atom is 0.231 e. The number of halogens is 1. The third-order valence-electron chi connectivity index (χ3n) is 2.24. The molecule has 2 heterocycles. The number of fused-ring (bicyclic) bond motifs is 1. The van der Waals surface area contributed by atoms with Crippen LogP contribution >= 0.6 is 27.3 Å². The predicted octanol–water partition coefficient (Wildman–Crippen LogP) is 2.88. The lowest BCUT2D eigenvalue weighted by atomic mass is 10.2. The summed E-state index contributed by atoms with van der Waals surface area (Å²) in [4.78, 5) is 5.04. The number of aromatic nitrogens is 1. The summed E-state index contributed by atoms with van der Waals surface area (Å²) >= 11 is 4.89. The van der Waals surface area contributed by atoms with Crippen molar-refractivity contribution in [2.24, 2.45) is 0 Å². The lowest BCUT2D eigenvalue weighted by molar-refractivity contribution is 0.173. The van der Waals surface area contributed by atoms with Crippen LogP contribution in [0.2, 0.25) is 0 Å². The van der Waals surface area contributed by atoms with Gasteiger partial charge in [0.25, 0.3) is 0 Å². The van der Waals surface area contributed by atoms with E-state index in [-0.39, 0.29) is 6.79 Å². The molecular weight excluding hydrogens is 292 g/mol. The minimum absolute atomic E-state index is 0.266. The van der Waals surface area contributed by atoms with Gasteiger partial charge in [0.2, 0.25) is 6.79 Å². The van der Waals surface area contributed by atoms with Crippen molar-refractivity contribution in [2.75, 3.05) is 12.5 Å². The Morgan fingerprint density at radius 3 is 3.00 bits per heavy atom. The van der Waals surface area contributed by atoms with Gasteiger partial charge in [0.15, 0.2) is 16.6 Å². The van der Waals surface area contributed by atoms with Crippen molar-refractivity contribution in [2.45, 2.75) is 0 Å². The second-order valence-corrected chi connectivity index (χ2v) is 5.17. The Morgan fingerprint density at radius 1 is 1.38 bits per heavy atom. The summed E-state index contributed by atoms with van der Waals surface area (Å²) in [5.41, 5.74) is 6.63. The van der Waals surface area contributed by atoms with E-state index < -0.39 is 0 Å². The average Bonchev–Trinajstić information content (AvgIpc) is 2.85. The van der Waals surface area contributed by atoms with E-state index in [1.807, 2.05) is 12.1 Å². The van der Waals surface area contributed by atoms with Crippen LogP contribution in [0.5, 0.6) is 11.5 Å². The molecule has 1 aliphatic heterocycles. The van der Waals surface area contributed by atoms with Crippen LogP contribution in [0.25, 0.3) is 10.4 Å². The van der Waals surface area contributed by atoms with E-state index in [1.165, 1.54) is 11.3 Å². The SMILES string of the molecule is Nc1ncc(-c2cc(Br)c3c(c2)OCO3)s1. The molecule has 0 spiro atoms. The topological polar surface area (TPSA) is 57.4 Å². The molecule has 0 saturated carbocycles. The molecule has 0 unspecified atom stereocenters. The van der Waals surface area contributed by atoms with Gasteiger partial charge in [-0.1, -0.05) is 11.3 Å². The van der Waals surface area contributed by atoms with Gasteiger partial charge in [0.1, 0.15) is 0 Å². The molecule has 1 aliphatic rings. The monoisotopic (exact) mass is 298 g/mol. The molecule has 4 nitrogen and oxygen atoms in total. The third-order valence-corrected chi connectivity index (χ3v) is 3.70. The van der Waals surface area contributed by atoms with Crippen LogP contribution in [-0.2, 0) is 0 Å². The molecule has 6 heteroatoms. The van der Waals surface area contributed by atoms with E-state index >= 15 is 0 Å². The quantitative estimate of drug-likeness (QED) is 0.879. The summed E-state index contributed by atoms with van der Waals surface area (Å²) in [6.45, 7) is 0.266. The van der Waals surface area contributed by atoms with Crippen LogP contribution < -0.4 is 15.2 Å². The van der Waals surface area contributed by atoms with Crippen LogP contribution in [0, 0.1) is 0 Å². The van der Waals surface area contributed by atoms with Crippen LogP contribution in [-0.4, -0.2) is 11.8 Å². The molecule has 0 amide bonds. The molecule has 0 bridgehead atoms. The number of benzene rings is 1. The number of hydrogen-bond acceptors (Lipinski definition) is 5. The summed E-state index contributed by atoms with van der Waals surface area (Å²) in [7, 11) is 0. The molecule has 16 heavy (non-hydrogen) atoms. The number of thiazole rings is 1. The Labute approximate surface area is 104 Å². The van der Waals surface area contributed by atoms with Crippen LogP contribution in [0.1, 0.15) is 0 Å². The molecule has 0 atom stereocenters. The fourth-order valence-corrected chi connectivity index (χ4v) is 2.76. The van der Waals surface area contributed by atoms with E-state index in [2.05, 4.69) is 20.9 Å². The van der Waals surface area contributed by atoms with Gasteiger partial charge in [-0.2, -0.15) is 0 Å². The molecule has 82 valence electrons. The number of ether oxygens (including phenoxy) is 2. The van der Waals surface area contributed by atoms with Crippen molar-refractivity contribution in [1.82, 2.24) is 4.98 Å². The van der Waals surface area contributed by atoms with Gasteiger partial charge in [-0.15, -0.1) is 0 Å². The first-order valence-electron chi connectivity index (χ1n) is 4.55. The predicted molar refractivity (Wildman–Crippen MR) is 65.8 cm³/mol. The lowest BCUT2D eigenvalue weighted by Crippen LogP contribution is -1.93. The first-order valence-corrected chi connectivity index (χ1v) is 6.16. The summed E-state index contributed by atoms with van der Waals surface area (Å²) in [6.07, 6.45) is 1.75. The Morgan fingerprint density at radius 2 is 2.25 bits per heavy atom. The molecule has 2 aromatic rings. The van der Waals surface area contributed by atoms with Crippen molar-refractivity contribution in [3.63, 3.8) is 0 Å². The number of rotatable bonds is 1. The second kappa shape index (κ2) is 3.64. The highest BCUT2D eigenvalue weighted by molar-refractivity contribution is 9.10. The summed E-state index contributed by atoms with van der Waals surface area (Å²) in [5.74, 6) is 1.50. The second-order valence-electron chi connectivity index (χ2n) is 3.25. The van der Waals surface area contributed by atoms with E-state index in [1.54, 1.807) is 6.20 Å². The molecule has 0 radical (unpaired) electrons. The molecular formula is C10H7BrN2O2S. The van der Waals surface area contributed by atoms with Gasteiger partial charge in [0, 0.05) is 6.20 Å². The van der Waals surface area contributed by atoms with Crippen molar-refractivity contribution in [3.05, 3.63) is 22.8 Å². The van der Waals surface area contributed by atoms with E-state index in [9.17, 15) is 0 Å². The molecule has 0 saturated heterocycles. The van der Waals surface area contributed by atoms with Gasteiger partial charge < -0.3 is 15.2 Å². The standard InChI is InChI=1S/C10H7BrN2O2S/c11-6-1-5(8-3-13-10(12)16-8)2-7-9(6)15-4-14-7/h1-3H,4H2,(H2,12,13). The first-order chi connectivity index (χ1) is 7.74. The summed E-state index contributed by atoms with van der Waals surface area (Å²) < 4.78 is 11.5. The van der Waals surface area contributed by atoms with Gasteiger partial charge in [-0.25, -0.2) is 4.98 Å². The third kappa shape index (κ3) is 1.54. The molecule has 2 N–H and O–H groups in total.